The highest BCUT2D eigenvalue weighted by atomic mass is 16.2. The average molecular weight is 1770 g/mol. The third kappa shape index (κ3) is 17.3. The molecule has 9 aromatic carbocycles. The number of nitrogens with zero attached hydrogens (tertiary/aromatic N) is 6. The summed E-state index contributed by atoms with van der Waals surface area (Å²) in [4.78, 5) is 115. The van der Waals surface area contributed by atoms with E-state index in [1.165, 1.54) is 0 Å². The van der Waals surface area contributed by atoms with Gasteiger partial charge in [-0.15, -0.1) is 0 Å². The zero-order valence-corrected chi connectivity index (χ0v) is 76.1. The van der Waals surface area contributed by atoms with Gasteiger partial charge in [-0.25, -0.2) is 19.9 Å². The van der Waals surface area contributed by atoms with Gasteiger partial charge in [0.2, 0.25) is 23.6 Å². The summed E-state index contributed by atoms with van der Waals surface area (Å²) < 4.78 is 0. The Morgan fingerprint density at radius 3 is 0.852 bits per heavy atom. The second-order valence-electron chi connectivity index (χ2n) is 36.3. The Morgan fingerprint density at radius 2 is 0.563 bits per heavy atom. The van der Waals surface area contributed by atoms with Gasteiger partial charge in [-0.05, 0) is 252 Å². The molecule has 12 heterocycles. The fourth-order valence-corrected chi connectivity index (χ4v) is 19.5. The number of amides is 5. The number of aromatic nitrogens is 8. The first kappa shape index (κ1) is 85.3. The van der Waals surface area contributed by atoms with E-state index in [0.29, 0.717) is 67.9 Å². The molecule has 0 saturated carbocycles. The van der Waals surface area contributed by atoms with Crippen LogP contribution in [0.2, 0.25) is 0 Å². The average Bonchev–Trinajstić information content (AvgIpc) is 1.61. The van der Waals surface area contributed by atoms with Gasteiger partial charge in [0.25, 0.3) is 5.91 Å². The zero-order chi connectivity index (χ0) is 92.2. The maximum atomic E-state index is 14.9. The molecule has 2 saturated heterocycles. The number of nitrogens with one attached hydrogen (secondary N) is 7. The summed E-state index contributed by atoms with van der Waals surface area (Å²) in [5.41, 5.74) is 37.5. The number of carbonyl (C=O) groups is 5. The molecular formula is C117H99N13O5. The van der Waals surface area contributed by atoms with Crippen molar-refractivity contribution in [2.75, 3.05) is 30.3 Å². The maximum Gasteiger partial charge on any atom is 0.253 e. The van der Waals surface area contributed by atoms with Crippen molar-refractivity contribution < 1.29 is 24.0 Å². The zero-order valence-electron chi connectivity index (χ0n) is 76.1. The first-order valence-electron chi connectivity index (χ1n) is 46.3. The van der Waals surface area contributed by atoms with Crippen LogP contribution in [0.15, 0.2) is 267 Å². The molecule has 6 aliphatic heterocycles. The number of hydrogen-bond donors (Lipinski definition) is 7. The van der Waals surface area contributed by atoms with Gasteiger partial charge in [-0.3, -0.25) is 24.0 Å². The predicted molar refractivity (Wildman–Crippen MR) is 548 cm³/mol. The van der Waals surface area contributed by atoms with Crippen molar-refractivity contribution in [3.05, 3.63) is 357 Å². The van der Waals surface area contributed by atoms with Gasteiger partial charge < -0.3 is 45.7 Å². The molecule has 18 nitrogen and oxygen atoms in total. The number of aromatic amines is 4. The molecule has 6 aromatic heterocycles. The predicted octanol–water partition coefficient (Wildman–Crippen LogP) is 25.1. The monoisotopic (exact) mass is 1770 g/mol. The molecule has 7 N–H and O–H groups in total. The molecule has 6 aliphatic rings. The van der Waals surface area contributed by atoms with Crippen molar-refractivity contribution in [2.45, 2.75) is 92.7 Å². The number of benzene rings is 9. The van der Waals surface area contributed by atoms with E-state index in [9.17, 15) is 24.0 Å². The molecule has 662 valence electrons. The number of aryl methyl sites for hydroxylation is 7. The van der Waals surface area contributed by atoms with Gasteiger partial charge in [-0.2, -0.15) is 0 Å². The molecule has 16 bridgehead atoms. The summed E-state index contributed by atoms with van der Waals surface area (Å²) in [5.74, 6) is -2.47. The van der Waals surface area contributed by atoms with Crippen molar-refractivity contribution >= 4 is 134 Å². The van der Waals surface area contributed by atoms with Crippen molar-refractivity contribution in [3.63, 3.8) is 0 Å². The van der Waals surface area contributed by atoms with E-state index in [2.05, 4.69) is 320 Å². The lowest BCUT2D eigenvalue weighted by atomic mass is 9.94. The third-order valence-electron chi connectivity index (χ3n) is 26.7. The van der Waals surface area contributed by atoms with E-state index in [1.807, 2.05) is 67.6 Å². The van der Waals surface area contributed by atoms with Crippen LogP contribution >= 0.6 is 0 Å². The molecule has 21 rings (SSSR count). The van der Waals surface area contributed by atoms with Crippen molar-refractivity contribution in [1.82, 2.24) is 55.0 Å². The molecular weight excluding hydrogens is 1670 g/mol. The Balaban J connectivity index is 0.541. The quantitative estimate of drug-likeness (QED) is 0.0458. The number of rotatable bonds is 17. The van der Waals surface area contributed by atoms with Crippen molar-refractivity contribution in [3.8, 4) is 89.0 Å². The third-order valence-corrected chi connectivity index (χ3v) is 26.7. The molecule has 0 unspecified atom stereocenters. The normalized spacial score (nSPS) is 14.2. The van der Waals surface area contributed by atoms with Crippen LogP contribution < -0.4 is 16.0 Å². The lowest BCUT2D eigenvalue weighted by molar-refractivity contribution is -0.143. The van der Waals surface area contributed by atoms with Gasteiger partial charge in [0.1, 0.15) is 12.1 Å². The number of hydrogen-bond acceptors (Lipinski definition) is 9. The van der Waals surface area contributed by atoms with Crippen LogP contribution in [0.1, 0.15) is 127 Å². The van der Waals surface area contributed by atoms with Gasteiger partial charge >= 0.3 is 0 Å². The smallest absolute Gasteiger partial charge is 0.253 e. The number of carbonyl (C=O) groups excluding carboxylic acids is 5. The molecule has 135 heavy (non-hydrogen) atoms. The standard InChI is InChI=1S/C117H99N13O5/c1-68-10-24-75(25-11-68)106-87-46-50-91(120-87)108(77-28-14-70(3)15-29-77)95-54-58-99(124-95)112(100-59-55-96(125-100)109(92-51-47-88(106)121-92)78-30-16-71(4)17-31-78)81-36-38-83(39-37-81)116(134)129-65-62-84(63-66-129)117(135)130-64-8-9-104(130)115(133)128-103(114(132)119-86-42-22-74(7)23-43-86)67-105(131)118-85-44-40-82(41-45-85)113-101-60-56-97(126-101)110(79-32-18-72(5)19-33-79)93-52-48-89(122-93)107(76-26-12-69(2)13-27-76)90-49-53-94(123-90)111(98-57-61-102(113)127-98)80-34-20-73(6)21-35-80/h10-61,84,103-104,120,122,125,127H,8-9,62-67H2,1-7H3,(H,118,131)(H,119,132)(H,128,133)/t103-,104+/m0/s1. The lowest BCUT2D eigenvalue weighted by Gasteiger charge is -2.35. The summed E-state index contributed by atoms with van der Waals surface area (Å²) in [5, 5.41) is 8.95. The van der Waals surface area contributed by atoms with Gasteiger partial charge in [-0.1, -0.05) is 221 Å². The molecule has 0 spiro atoms. The van der Waals surface area contributed by atoms with Crippen LogP contribution in [0.25, 0.3) is 182 Å². The number of anilines is 2. The van der Waals surface area contributed by atoms with Gasteiger partial charge in [0.15, 0.2) is 0 Å². The topological polar surface area (TPSA) is 243 Å². The van der Waals surface area contributed by atoms with E-state index >= 15 is 0 Å². The summed E-state index contributed by atoms with van der Waals surface area (Å²) in [6, 6.07) is 88.5. The molecule has 0 aliphatic carbocycles. The number of likely N-dealkylation sites (tertiary alicyclic amines) is 2. The Morgan fingerprint density at radius 1 is 0.311 bits per heavy atom. The molecule has 18 heteroatoms. The van der Waals surface area contributed by atoms with Crippen LogP contribution in [-0.4, -0.2) is 111 Å². The van der Waals surface area contributed by atoms with E-state index in [-0.39, 0.29) is 11.8 Å². The Kier molecular flexibility index (Phi) is 22.8. The maximum absolute atomic E-state index is 14.9. The minimum Gasteiger partial charge on any atom is -0.354 e. The molecule has 2 fully saturated rings. The highest BCUT2D eigenvalue weighted by molar-refractivity contribution is 6.07. The highest BCUT2D eigenvalue weighted by Gasteiger charge is 2.41. The van der Waals surface area contributed by atoms with E-state index in [0.717, 1.165) is 212 Å². The Bertz CT molecular complexity index is 7690. The fraction of sp³-hybridized carbons (Fsp3) is 0.154. The molecule has 0 radical (unpaired) electrons. The Hall–Kier alpha value is -16.5. The summed E-state index contributed by atoms with van der Waals surface area (Å²) in [7, 11) is 0. The number of fused-ring (bicyclic) bond motifs is 16. The lowest BCUT2D eigenvalue weighted by Crippen LogP contribution is -2.54. The highest BCUT2D eigenvalue weighted by Crippen LogP contribution is 2.44. The Labute approximate surface area is 782 Å². The van der Waals surface area contributed by atoms with E-state index in [1.54, 1.807) is 21.9 Å². The first-order chi connectivity index (χ1) is 65.7. The summed E-state index contributed by atoms with van der Waals surface area (Å²) >= 11 is 0. The number of H-pyrrole nitrogens is 4. The fourth-order valence-electron chi connectivity index (χ4n) is 19.5. The van der Waals surface area contributed by atoms with Gasteiger partial charge in [0, 0.05) is 131 Å². The molecule has 2 atom stereocenters. The van der Waals surface area contributed by atoms with Crippen LogP contribution in [0.5, 0.6) is 0 Å². The van der Waals surface area contributed by atoms with Crippen LogP contribution in [0, 0.1) is 54.4 Å². The summed E-state index contributed by atoms with van der Waals surface area (Å²) in [6.07, 6.45) is 17.9. The molecule has 15 aromatic rings. The second-order valence-corrected chi connectivity index (χ2v) is 36.3. The van der Waals surface area contributed by atoms with Crippen LogP contribution in [-0.2, 0) is 19.2 Å². The van der Waals surface area contributed by atoms with E-state index in [4.69, 9.17) is 19.9 Å². The minimum absolute atomic E-state index is 0.158. The number of piperidine rings is 1. The second kappa shape index (κ2) is 36.0. The minimum atomic E-state index is -1.35. The first-order valence-corrected chi connectivity index (χ1v) is 46.3. The van der Waals surface area contributed by atoms with Gasteiger partial charge in [0.05, 0.1) is 52.0 Å². The SMILES string of the molecule is Cc1ccc(NC(=O)[C@H](CC(=O)Nc2ccc(-c3c4nc(c(-c5ccc(C)cc5)c5ccc([nH]5)c(-c5ccc(C)cc5)c5nc(c(-c6ccc(C)cc6)c6ccc3[nH]6)C=C5)C=C4)cc2)NC(=O)[C@H]2CCCN2C(=O)C2CCN(C(=O)c3ccc(-c4c5nc(c(-c6ccc(C)cc6)c6ccc([nH]6)c(-c6ccc(C)cc6)c6nc(c(-c7ccc(C)cc7)c7ccc4[nH]7)C=C6)C=C5)cc3)CC2)cc1. The largest absolute Gasteiger partial charge is 0.354 e. The van der Waals surface area contributed by atoms with Crippen LogP contribution in [0.3, 0.4) is 0 Å². The molecule has 5 amide bonds. The van der Waals surface area contributed by atoms with Crippen LogP contribution in [0.4, 0.5) is 11.4 Å². The van der Waals surface area contributed by atoms with Crippen molar-refractivity contribution in [1.29, 1.82) is 0 Å². The summed E-state index contributed by atoms with van der Waals surface area (Å²) in [6.45, 7) is 15.5. The van der Waals surface area contributed by atoms with Crippen molar-refractivity contribution in [2.24, 2.45) is 5.92 Å². The van der Waals surface area contributed by atoms with E-state index < -0.39 is 42.1 Å².